The number of para-hydroxylation sites is 1. The molecule has 2 aromatic carbocycles. The van der Waals surface area contributed by atoms with Crippen LogP contribution >= 0.6 is 0 Å². The summed E-state index contributed by atoms with van der Waals surface area (Å²) in [5, 5.41) is 11.2. The lowest BCUT2D eigenvalue weighted by Gasteiger charge is -2.00. The molecular weight excluding hydrogens is 290 g/mol. The number of aromatic amines is 1. The Morgan fingerprint density at radius 2 is 1.78 bits per heavy atom. The highest BCUT2D eigenvalue weighted by Gasteiger charge is 2.19. The van der Waals surface area contributed by atoms with Gasteiger partial charge in [0.2, 0.25) is 0 Å². The molecule has 5 nitrogen and oxygen atoms in total. The van der Waals surface area contributed by atoms with Crippen molar-refractivity contribution in [3.63, 3.8) is 0 Å². The first-order valence-corrected chi connectivity index (χ1v) is 7.58. The second-order valence-electron chi connectivity index (χ2n) is 5.30. The molecule has 1 heterocycles. The van der Waals surface area contributed by atoms with Crippen molar-refractivity contribution in [3.05, 3.63) is 70.4 Å². The summed E-state index contributed by atoms with van der Waals surface area (Å²) in [6.07, 6.45) is 1.82. The zero-order chi connectivity index (χ0) is 16.2. The fraction of sp³-hybridized carbons (Fsp3) is 0.167. The number of H-pyrrole nitrogens is 1. The Kier molecular flexibility index (Phi) is 4.19. The minimum Gasteiger partial charge on any atom is -0.341 e. The molecule has 0 spiro atoms. The summed E-state index contributed by atoms with van der Waals surface area (Å²) < 4.78 is 0. The third-order valence-corrected chi connectivity index (χ3v) is 3.68. The highest BCUT2D eigenvalue weighted by atomic mass is 16.6. The Morgan fingerprint density at radius 1 is 1.09 bits per heavy atom. The molecule has 0 radical (unpaired) electrons. The number of nitro benzene ring substituents is 1. The molecule has 0 fully saturated rings. The highest BCUT2D eigenvalue weighted by Crippen LogP contribution is 2.31. The van der Waals surface area contributed by atoms with E-state index < -0.39 is 0 Å². The zero-order valence-electron chi connectivity index (χ0n) is 12.8. The van der Waals surface area contributed by atoms with Crippen molar-refractivity contribution in [2.75, 3.05) is 0 Å². The van der Waals surface area contributed by atoms with Crippen LogP contribution in [0.15, 0.2) is 54.6 Å². The van der Waals surface area contributed by atoms with E-state index in [1.807, 2.05) is 30.3 Å². The van der Waals surface area contributed by atoms with Gasteiger partial charge in [0.1, 0.15) is 5.82 Å². The molecule has 3 aromatic rings. The molecule has 1 aromatic heterocycles. The minimum atomic E-state index is -0.375. The third kappa shape index (κ3) is 2.99. The van der Waals surface area contributed by atoms with Gasteiger partial charge in [-0.1, -0.05) is 55.8 Å². The molecule has 0 aliphatic heterocycles. The largest absolute Gasteiger partial charge is 0.341 e. The summed E-state index contributed by atoms with van der Waals surface area (Å²) in [5.74, 6) is 0.541. The van der Waals surface area contributed by atoms with Gasteiger partial charge in [-0.05, 0) is 12.5 Å². The van der Waals surface area contributed by atoms with Crippen LogP contribution in [0.1, 0.15) is 19.0 Å². The van der Waals surface area contributed by atoms with Crippen LogP contribution in [0, 0.1) is 10.1 Å². The van der Waals surface area contributed by atoms with Gasteiger partial charge >= 0.3 is 0 Å². The van der Waals surface area contributed by atoms with E-state index in [0.717, 1.165) is 29.8 Å². The van der Waals surface area contributed by atoms with Crippen LogP contribution in [-0.2, 0) is 6.42 Å². The van der Waals surface area contributed by atoms with Crippen molar-refractivity contribution in [2.24, 2.45) is 0 Å². The first-order chi connectivity index (χ1) is 11.2. The van der Waals surface area contributed by atoms with E-state index in [9.17, 15) is 10.1 Å². The average molecular weight is 307 g/mol. The molecule has 5 heteroatoms. The van der Waals surface area contributed by atoms with Crippen LogP contribution in [-0.4, -0.2) is 14.9 Å². The van der Waals surface area contributed by atoms with Gasteiger partial charge < -0.3 is 4.98 Å². The number of nitrogens with zero attached hydrogens (tertiary/aromatic N) is 2. The normalized spacial score (nSPS) is 10.7. The maximum absolute atomic E-state index is 11.2. The molecule has 0 amide bonds. The molecule has 23 heavy (non-hydrogen) atoms. The summed E-state index contributed by atoms with van der Waals surface area (Å²) in [6, 6.07) is 16.5. The maximum atomic E-state index is 11.2. The van der Waals surface area contributed by atoms with Gasteiger partial charge in [0, 0.05) is 17.3 Å². The summed E-state index contributed by atoms with van der Waals surface area (Å²) in [7, 11) is 0. The number of rotatable bonds is 5. The number of hydrogen-bond donors (Lipinski definition) is 1. The zero-order valence-corrected chi connectivity index (χ0v) is 12.8. The highest BCUT2D eigenvalue weighted by molar-refractivity contribution is 5.72. The van der Waals surface area contributed by atoms with E-state index in [1.165, 1.54) is 6.07 Å². The topological polar surface area (TPSA) is 71.8 Å². The van der Waals surface area contributed by atoms with E-state index in [0.29, 0.717) is 11.4 Å². The number of hydrogen-bond acceptors (Lipinski definition) is 3. The quantitative estimate of drug-likeness (QED) is 0.553. The first-order valence-electron chi connectivity index (χ1n) is 7.58. The van der Waals surface area contributed by atoms with Crippen LogP contribution in [0.25, 0.3) is 22.6 Å². The maximum Gasteiger partial charge on any atom is 0.280 e. The standard InChI is InChI=1S/C18H17N3O2/c1-2-8-15-17(13-9-4-3-5-10-13)20-18(19-15)14-11-6-7-12-16(14)21(22)23/h3-7,9-12H,2,8H2,1H3,(H,19,20). The molecule has 3 rings (SSSR count). The Hall–Kier alpha value is -2.95. The Labute approximate surface area is 134 Å². The van der Waals surface area contributed by atoms with Gasteiger partial charge in [-0.25, -0.2) is 4.98 Å². The number of aromatic nitrogens is 2. The van der Waals surface area contributed by atoms with Crippen molar-refractivity contribution < 1.29 is 4.92 Å². The lowest BCUT2D eigenvalue weighted by atomic mass is 10.1. The lowest BCUT2D eigenvalue weighted by Crippen LogP contribution is -1.92. The van der Waals surface area contributed by atoms with Crippen molar-refractivity contribution in [1.29, 1.82) is 0 Å². The summed E-state index contributed by atoms with van der Waals surface area (Å²) >= 11 is 0. The number of nitrogens with one attached hydrogen (secondary N) is 1. The van der Waals surface area contributed by atoms with E-state index in [-0.39, 0.29) is 10.6 Å². The van der Waals surface area contributed by atoms with Gasteiger partial charge in [-0.2, -0.15) is 0 Å². The van der Waals surface area contributed by atoms with Crippen molar-refractivity contribution >= 4 is 5.69 Å². The van der Waals surface area contributed by atoms with E-state index in [4.69, 9.17) is 0 Å². The number of imidazole rings is 1. The fourth-order valence-electron chi connectivity index (χ4n) is 2.64. The second-order valence-corrected chi connectivity index (χ2v) is 5.30. The monoisotopic (exact) mass is 307 g/mol. The molecule has 0 saturated carbocycles. The summed E-state index contributed by atoms with van der Waals surface area (Å²) in [4.78, 5) is 18.8. The van der Waals surface area contributed by atoms with Crippen LogP contribution in [0.2, 0.25) is 0 Å². The minimum absolute atomic E-state index is 0.0592. The molecular formula is C18H17N3O2. The van der Waals surface area contributed by atoms with Gasteiger partial charge in [-0.3, -0.25) is 10.1 Å². The SMILES string of the molecule is CCCc1[nH]c(-c2ccccc2[N+](=O)[O-])nc1-c1ccccc1. The fourth-order valence-corrected chi connectivity index (χ4v) is 2.64. The van der Waals surface area contributed by atoms with E-state index >= 15 is 0 Å². The van der Waals surface area contributed by atoms with E-state index in [1.54, 1.807) is 18.2 Å². The number of nitro groups is 1. The Balaban J connectivity index is 2.14. The van der Waals surface area contributed by atoms with Crippen LogP contribution < -0.4 is 0 Å². The van der Waals surface area contributed by atoms with Crippen molar-refractivity contribution in [3.8, 4) is 22.6 Å². The van der Waals surface area contributed by atoms with E-state index in [2.05, 4.69) is 16.9 Å². The average Bonchev–Trinajstić information content (AvgIpc) is 3.00. The molecule has 0 unspecified atom stereocenters. The molecule has 1 N–H and O–H groups in total. The Bertz CT molecular complexity index is 825. The number of aryl methyl sites for hydroxylation is 1. The molecule has 116 valence electrons. The third-order valence-electron chi connectivity index (χ3n) is 3.68. The molecule has 0 saturated heterocycles. The van der Waals surface area contributed by atoms with Crippen LogP contribution in [0.3, 0.4) is 0 Å². The predicted octanol–water partition coefficient (Wildman–Crippen LogP) is 4.60. The first kappa shape index (κ1) is 15.0. The van der Waals surface area contributed by atoms with Crippen molar-refractivity contribution in [2.45, 2.75) is 19.8 Å². The van der Waals surface area contributed by atoms with Gasteiger partial charge in [0.25, 0.3) is 5.69 Å². The molecule has 0 atom stereocenters. The van der Waals surface area contributed by atoms with Gasteiger partial charge in [-0.15, -0.1) is 0 Å². The lowest BCUT2D eigenvalue weighted by molar-refractivity contribution is -0.384. The van der Waals surface area contributed by atoms with Crippen LogP contribution in [0.4, 0.5) is 5.69 Å². The smallest absolute Gasteiger partial charge is 0.280 e. The number of benzene rings is 2. The summed E-state index contributed by atoms with van der Waals surface area (Å²) in [6.45, 7) is 2.10. The molecule has 0 aliphatic rings. The Morgan fingerprint density at radius 3 is 2.48 bits per heavy atom. The molecule has 0 aliphatic carbocycles. The van der Waals surface area contributed by atoms with Crippen LogP contribution in [0.5, 0.6) is 0 Å². The predicted molar refractivity (Wildman–Crippen MR) is 90.1 cm³/mol. The molecule has 0 bridgehead atoms. The van der Waals surface area contributed by atoms with Gasteiger partial charge in [0.15, 0.2) is 0 Å². The van der Waals surface area contributed by atoms with Crippen molar-refractivity contribution in [1.82, 2.24) is 9.97 Å². The second kappa shape index (κ2) is 6.44. The van der Waals surface area contributed by atoms with Gasteiger partial charge in [0.05, 0.1) is 16.2 Å². The summed E-state index contributed by atoms with van der Waals surface area (Å²) in [5.41, 5.74) is 3.45.